The minimum absolute atomic E-state index is 0.148. The van der Waals surface area contributed by atoms with Crippen LogP contribution in [0.2, 0.25) is 0 Å². The molecule has 4 atom stereocenters. The summed E-state index contributed by atoms with van der Waals surface area (Å²) >= 11 is 0. The highest BCUT2D eigenvalue weighted by atomic mass is 16.6. The quantitative estimate of drug-likeness (QED) is 0.353. The van der Waals surface area contributed by atoms with Crippen LogP contribution in [-0.2, 0) is 4.74 Å². The first-order valence-corrected chi connectivity index (χ1v) is 3.45. The molecule has 0 aromatic carbocycles. The third-order valence-electron chi connectivity index (χ3n) is 1.73. The minimum atomic E-state index is -1.39. The average Bonchev–Trinajstić information content (AvgIpc) is 1.99. The van der Waals surface area contributed by atoms with Crippen molar-refractivity contribution < 1.29 is 25.2 Å². The second kappa shape index (κ2) is 3.46. The lowest BCUT2D eigenvalue weighted by Gasteiger charge is -2.33. The van der Waals surface area contributed by atoms with Crippen LogP contribution >= 0.6 is 0 Å². The molecule has 0 aromatic heterocycles. The van der Waals surface area contributed by atoms with Gasteiger partial charge < -0.3 is 25.2 Å². The maximum absolute atomic E-state index is 9.05. The fraction of sp³-hybridized carbons (Fsp3) is 1.00. The maximum atomic E-state index is 9.05. The summed E-state index contributed by atoms with van der Waals surface area (Å²) in [6.07, 6.45) is -4.11. The second-order valence-corrected chi connectivity index (χ2v) is 2.62. The van der Waals surface area contributed by atoms with Gasteiger partial charge in [-0.15, -0.1) is 0 Å². The highest BCUT2D eigenvalue weighted by Gasteiger charge is 2.34. The Balaban J connectivity index is 2.47. The van der Waals surface area contributed by atoms with Crippen LogP contribution in [0.1, 0.15) is 6.42 Å². The number of rotatable bonds is 1. The molecule has 0 saturated carbocycles. The van der Waals surface area contributed by atoms with Crippen molar-refractivity contribution in [3.63, 3.8) is 0 Å². The van der Waals surface area contributed by atoms with Gasteiger partial charge in [-0.05, 0) is 0 Å². The van der Waals surface area contributed by atoms with E-state index in [2.05, 4.69) is 0 Å². The molecule has 0 spiro atoms. The molecule has 0 aliphatic carbocycles. The van der Waals surface area contributed by atoms with Gasteiger partial charge in [0.15, 0.2) is 6.29 Å². The summed E-state index contributed by atoms with van der Waals surface area (Å²) in [5.41, 5.74) is 0. The van der Waals surface area contributed by atoms with Gasteiger partial charge in [-0.25, -0.2) is 0 Å². The molecule has 1 rings (SSSR count). The van der Waals surface area contributed by atoms with E-state index in [-0.39, 0.29) is 13.0 Å². The molecule has 1 heterocycles. The van der Waals surface area contributed by atoms with E-state index in [0.717, 1.165) is 0 Å². The van der Waals surface area contributed by atoms with Crippen molar-refractivity contribution in [2.75, 3.05) is 6.61 Å². The number of hydrogen-bond acceptors (Lipinski definition) is 5. The summed E-state index contributed by atoms with van der Waals surface area (Å²) in [5, 5.41) is 35.5. The van der Waals surface area contributed by atoms with Gasteiger partial charge in [0.25, 0.3) is 0 Å². The van der Waals surface area contributed by atoms with Crippen molar-refractivity contribution in [2.45, 2.75) is 31.0 Å². The highest BCUT2D eigenvalue weighted by Crippen LogP contribution is 2.17. The maximum Gasteiger partial charge on any atom is 0.183 e. The standard InChI is InChI=1S/C6H12O5/c7-2-3-1-4(8)5(9)6(10)11-3/h3-10H,1-2H2/t3-,4+,5+,6+/m1/s1. The van der Waals surface area contributed by atoms with Gasteiger partial charge in [-0.2, -0.15) is 0 Å². The average molecular weight is 164 g/mol. The molecule has 0 amide bonds. The molecule has 11 heavy (non-hydrogen) atoms. The van der Waals surface area contributed by atoms with Crippen molar-refractivity contribution >= 4 is 0 Å². The molecule has 0 radical (unpaired) electrons. The van der Waals surface area contributed by atoms with Crippen molar-refractivity contribution in [1.82, 2.24) is 0 Å². The normalized spacial score (nSPS) is 45.8. The van der Waals surface area contributed by atoms with E-state index >= 15 is 0 Å². The van der Waals surface area contributed by atoms with Gasteiger partial charge >= 0.3 is 0 Å². The van der Waals surface area contributed by atoms with Gasteiger partial charge in [0.2, 0.25) is 0 Å². The smallest absolute Gasteiger partial charge is 0.183 e. The molecule has 5 heteroatoms. The fourth-order valence-electron chi connectivity index (χ4n) is 1.05. The molecule has 1 saturated heterocycles. The Bertz CT molecular complexity index is 116. The van der Waals surface area contributed by atoms with Gasteiger partial charge in [0, 0.05) is 6.42 Å². The highest BCUT2D eigenvalue weighted by molar-refractivity contribution is 4.79. The molecule has 4 N–H and O–H groups in total. The third kappa shape index (κ3) is 1.88. The molecule has 0 aromatic rings. The van der Waals surface area contributed by atoms with E-state index in [4.69, 9.17) is 25.2 Å². The molecule has 0 bridgehead atoms. The van der Waals surface area contributed by atoms with E-state index in [1.165, 1.54) is 0 Å². The molecule has 1 fully saturated rings. The van der Waals surface area contributed by atoms with E-state index < -0.39 is 24.6 Å². The Kier molecular flexibility index (Phi) is 2.80. The molecule has 1 aliphatic heterocycles. The Morgan fingerprint density at radius 1 is 1.27 bits per heavy atom. The van der Waals surface area contributed by atoms with Gasteiger partial charge in [0.05, 0.1) is 18.8 Å². The number of aliphatic hydroxyl groups is 4. The van der Waals surface area contributed by atoms with Crippen molar-refractivity contribution in [1.29, 1.82) is 0 Å². The lowest BCUT2D eigenvalue weighted by molar-refractivity contribution is -0.251. The predicted octanol–water partition coefficient (Wildman–Crippen LogP) is -2.19. The Hall–Kier alpha value is -0.200. The van der Waals surface area contributed by atoms with Gasteiger partial charge in [-0.3, -0.25) is 0 Å². The summed E-state index contributed by atoms with van der Waals surface area (Å²) in [6, 6.07) is 0. The Morgan fingerprint density at radius 2 is 1.91 bits per heavy atom. The zero-order valence-electron chi connectivity index (χ0n) is 5.92. The van der Waals surface area contributed by atoms with E-state index in [1.807, 2.05) is 0 Å². The monoisotopic (exact) mass is 164 g/mol. The van der Waals surface area contributed by atoms with E-state index in [0.29, 0.717) is 0 Å². The lowest BCUT2D eigenvalue weighted by Crippen LogP contribution is -2.49. The van der Waals surface area contributed by atoms with Crippen LogP contribution in [0.15, 0.2) is 0 Å². The zero-order valence-corrected chi connectivity index (χ0v) is 5.92. The lowest BCUT2D eigenvalue weighted by atomic mass is 10.0. The SMILES string of the molecule is OC[C@H]1C[C@H](O)[C@H](O)[C@@H](O)O1. The topological polar surface area (TPSA) is 90.2 Å². The fourth-order valence-corrected chi connectivity index (χ4v) is 1.05. The van der Waals surface area contributed by atoms with Crippen molar-refractivity contribution in [3.05, 3.63) is 0 Å². The van der Waals surface area contributed by atoms with Crippen molar-refractivity contribution in [3.8, 4) is 0 Å². The third-order valence-corrected chi connectivity index (χ3v) is 1.73. The van der Waals surface area contributed by atoms with Gasteiger partial charge in [-0.1, -0.05) is 0 Å². The number of ether oxygens (including phenoxy) is 1. The zero-order chi connectivity index (χ0) is 8.43. The Morgan fingerprint density at radius 3 is 2.36 bits per heavy atom. The molecular weight excluding hydrogens is 152 g/mol. The van der Waals surface area contributed by atoms with Crippen LogP contribution in [0.3, 0.4) is 0 Å². The first kappa shape index (κ1) is 8.89. The van der Waals surface area contributed by atoms with Crippen LogP contribution in [0, 0.1) is 0 Å². The second-order valence-electron chi connectivity index (χ2n) is 2.62. The molecule has 5 nitrogen and oxygen atoms in total. The Labute approximate surface area is 63.8 Å². The van der Waals surface area contributed by atoms with Crippen molar-refractivity contribution in [2.24, 2.45) is 0 Å². The predicted molar refractivity (Wildman–Crippen MR) is 34.6 cm³/mol. The van der Waals surface area contributed by atoms with Crippen LogP contribution in [0.4, 0.5) is 0 Å². The summed E-state index contributed by atoms with van der Waals surface area (Å²) in [6.45, 7) is -0.263. The first-order valence-electron chi connectivity index (χ1n) is 3.45. The van der Waals surface area contributed by atoms with Gasteiger partial charge in [0.1, 0.15) is 6.10 Å². The number of hydrogen-bond donors (Lipinski definition) is 4. The van der Waals surface area contributed by atoms with E-state index in [1.54, 1.807) is 0 Å². The summed E-state index contributed by atoms with van der Waals surface area (Å²) < 4.78 is 4.71. The summed E-state index contributed by atoms with van der Waals surface area (Å²) in [4.78, 5) is 0. The minimum Gasteiger partial charge on any atom is -0.394 e. The van der Waals surface area contributed by atoms with Crippen LogP contribution in [-0.4, -0.2) is 51.6 Å². The van der Waals surface area contributed by atoms with Crippen LogP contribution in [0.25, 0.3) is 0 Å². The molecule has 1 aliphatic rings. The van der Waals surface area contributed by atoms with Crippen LogP contribution < -0.4 is 0 Å². The van der Waals surface area contributed by atoms with Crippen LogP contribution in [0.5, 0.6) is 0 Å². The molecular formula is C6H12O5. The van der Waals surface area contributed by atoms with E-state index in [9.17, 15) is 0 Å². The summed E-state index contributed by atoms with van der Waals surface area (Å²) in [5.74, 6) is 0. The molecule has 66 valence electrons. The number of aliphatic hydroxyl groups excluding tert-OH is 4. The largest absolute Gasteiger partial charge is 0.394 e. The molecule has 0 unspecified atom stereocenters. The first-order chi connectivity index (χ1) is 5.15. The summed E-state index contributed by atoms with van der Waals surface area (Å²) in [7, 11) is 0.